The first-order valence-electron chi connectivity index (χ1n) is 8.46. The Labute approximate surface area is 152 Å². The highest BCUT2D eigenvalue weighted by molar-refractivity contribution is 7.99. The molecular formula is C18H24N4O2S. The zero-order valence-electron chi connectivity index (χ0n) is 14.9. The molecule has 0 aliphatic carbocycles. The van der Waals surface area contributed by atoms with Gasteiger partial charge in [0.15, 0.2) is 5.16 Å². The lowest BCUT2D eigenvalue weighted by atomic mass is 9.92. The SMILES string of the molecule is CC(C)(C)C(=O)CSc1nnc(N2CCOCC2)n1-c1ccccc1. The predicted octanol–water partition coefficient (Wildman–Crippen LogP) is 2.81. The van der Waals surface area contributed by atoms with E-state index in [0.717, 1.165) is 29.9 Å². The van der Waals surface area contributed by atoms with E-state index in [0.29, 0.717) is 19.0 Å². The molecule has 0 radical (unpaired) electrons. The van der Waals surface area contributed by atoms with Crippen molar-refractivity contribution in [3.05, 3.63) is 30.3 Å². The number of aromatic nitrogens is 3. The Kier molecular flexibility index (Phi) is 5.44. The maximum atomic E-state index is 12.3. The zero-order chi connectivity index (χ0) is 17.9. The number of nitrogens with zero attached hydrogens (tertiary/aromatic N) is 4. The molecule has 0 saturated carbocycles. The maximum absolute atomic E-state index is 12.3. The molecule has 0 amide bonds. The molecule has 0 bridgehead atoms. The van der Waals surface area contributed by atoms with Crippen LogP contribution in [0.5, 0.6) is 0 Å². The van der Waals surface area contributed by atoms with E-state index in [1.54, 1.807) is 0 Å². The molecule has 7 heteroatoms. The third kappa shape index (κ3) is 4.22. The van der Waals surface area contributed by atoms with E-state index in [-0.39, 0.29) is 11.2 Å². The average Bonchev–Trinajstić information content (AvgIpc) is 3.04. The van der Waals surface area contributed by atoms with Gasteiger partial charge in [-0.2, -0.15) is 0 Å². The number of carbonyl (C=O) groups is 1. The van der Waals surface area contributed by atoms with Crippen molar-refractivity contribution in [3.8, 4) is 5.69 Å². The van der Waals surface area contributed by atoms with E-state index in [4.69, 9.17) is 4.74 Å². The molecule has 0 unspecified atom stereocenters. The number of morpholine rings is 1. The van der Waals surface area contributed by atoms with Crippen LogP contribution >= 0.6 is 11.8 Å². The van der Waals surface area contributed by atoms with Gasteiger partial charge in [0.2, 0.25) is 5.95 Å². The first-order valence-corrected chi connectivity index (χ1v) is 9.45. The number of hydrogen-bond donors (Lipinski definition) is 0. The molecule has 1 aromatic carbocycles. The number of thioether (sulfide) groups is 1. The van der Waals surface area contributed by atoms with Crippen LogP contribution in [0.2, 0.25) is 0 Å². The van der Waals surface area contributed by atoms with Gasteiger partial charge in [0.1, 0.15) is 5.78 Å². The highest BCUT2D eigenvalue weighted by atomic mass is 32.2. The monoisotopic (exact) mass is 360 g/mol. The van der Waals surface area contributed by atoms with Crippen LogP contribution in [-0.4, -0.2) is 52.6 Å². The third-order valence-electron chi connectivity index (χ3n) is 4.09. The fraction of sp³-hybridized carbons (Fsp3) is 0.500. The Bertz CT molecular complexity index is 718. The number of para-hydroxylation sites is 1. The van der Waals surface area contributed by atoms with Gasteiger partial charge in [-0.15, -0.1) is 10.2 Å². The summed E-state index contributed by atoms with van der Waals surface area (Å²) >= 11 is 1.44. The molecule has 0 spiro atoms. The van der Waals surface area contributed by atoms with E-state index >= 15 is 0 Å². The highest BCUT2D eigenvalue weighted by Gasteiger charge is 2.25. The summed E-state index contributed by atoms with van der Waals surface area (Å²) in [6.07, 6.45) is 0. The van der Waals surface area contributed by atoms with E-state index in [9.17, 15) is 4.79 Å². The zero-order valence-corrected chi connectivity index (χ0v) is 15.8. The van der Waals surface area contributed by atoms with Gasteiger partial charge in [-0.05, 0) is 12.1 Å². The molecule has 134 valence electrons. The molecule has 25 heavy (non-hydrogen) atoms. The number of anilines is 1. The van der Waals surface area contributed by atoms with Crippen molar-refractivity contribution in [2.45, 2.75) is 25.9 Å². The summed E-state index contributed by atoms with van der Waals surface area (Å²) in [6.45, 7) is 8.78. The number of rotatable bonds is 5. The van der Waals surface area contributed by atoms with Gasteiger partial charge >= 0.3 is 0 Å². The first-order chi connectivity index (χ1) is 12.0. The molecule has 2 aromatic rings. The standard InChI is InChI=1S/C18H24N4O2S/c1-18(2,3)15(23)13-25-17-20-19-16(21-9-11-24-12-10-21)22(17)14-7-5-4-6-8-14/h4-8H,9-13H2,1-3H3. The molecular weight excluding hydrogens is 336 g/mol. The van der Waals surface area contributed by atoms with Crippen LogP contribution in [0.15, 0.2) is 35.5 Å². The van der Waals surface area contributed by atoms with Gasteiger partial charge in [-0.1, -0.05) is 50.7 Å². The highest BCUT2D eigenvalue weighted by Crippen LogP contribution is 2.28. The summed E-state index contributed by atoms with van der Waals surface area (Å²) < 4.78 is 7.47. The smallest absolute Gasteiger partial charge is 0.232 e. The lowest BCUT2D eigenvalue weighted by molar-refractivity contribution is -0.123. The minimum absolute atomic E-state index is 0.202. The van der Waals surface area contributed by atoms with Gasteiger partial charge in [-0.3, -0.25) is 9.36 Å². The summed E-state index contributed by atoms with van der Waals surface area (Å²) in [5, 5.41) is 9.51. The lowest BCUT2D eigenvalue weighted by Gasteiger charge is -2.28. The summed E-state index contributed by atoms with van der Waals surface area (Å²) in [6, 6.07) is 10.0. The second-order valence-corrected chi connectivity index (χ2v) is 7.96. The van der Waals surface area contributed by atoms with E-state index in [1.165, 1.54) is 11.8 Å². The van der Waals surface area contributed by atoms with Crippen LogP contribution in [0.25, 0.3) is 5.69 Å². The molecule has 2 heterocycles. The fourth-order valence-electron chi connectivity index (χ4n) is 2.47. The van der Waals surface area contributed by atoms with Gasteiger partial charge in [-0.25, -0.2) is 0 Å². The third-order valence-corrected chi connectivity index (χ3v) is 5.02. The van der Waals surface area contributed by atoms with Gasteiger partial charge in [0, 0.05) is 18.5 Å². The number of benzene rings is 1. The Hall–Kier alpha value is -1.86. The van der Waals surface area contributed by atoms with Crippen LogP contribution in [0, 0.1) is 5.41 Å². The molecule has 1 aromatic heterocycles. The summed E-state index contributed by atoms with van der Waals surface area (Å²) in [5.74, 6) is 1.39. The van der Waals surface area contributed by atoms with E-state index in [1.807, 2.05) is 55.7 Å². The van der Waals surface area contributed by atoms with Crippen molar-refractivity contribution in [1.82, 2.24) is 14.8 Å². The quantitative estimate of drug-likeness (QED) is 0.764. The molecule has 0 N–H and O–H groups in total. The lowest BCUT2D eigenvalue weighted by Crippen LogP contribution is -2.37. The maximum Gasteiger partial charge on any atom is 0.232 e. The average molecular weight is 360 g/mol. The van der Waals surface area contributed by atoms with Crippen molar-refractivity contribution in [3.63, 3.8) is 0 Å². The van der Waals surface area contributed by atoms with Crippen LogP contribution in [0.1, 0.15) is 20.8 Å². The van der Waals surface area contributed by atoms with Crippen molar-refractivity contribution in [1.29, 1.82) is 0 Å². The molecule has 6 nitrogen and oxygen atoms in total. The predicted molar refractivity (Wildman–Crippen MR) is 99.6 cm³/mol. The molecule has 1 aliphatic heterocycles. The molecule has 3 rings (SSSR count). The minimum Gasteiger partial charge on any atom is -0.378 e. The first kappa shape index (κ1) is 17.9. The molecule has 0 atom stereocenters. The van der Waals surface area contributed by atoms with Crippen molar-refractivity contribution >= 4 is 23.5 Å². The van der Waals surface area contributed by atoms with Crippen molar-refractivity contribution in [2.75, 3.05) is 37.0 Å². The number of ether oxygens (including phenoxy) is 1. The number of Topliss-reactive ketones (excluding diaryl/α,β-unsaturated/α-hetero) is 1. The summed E-state index contributed by atoms with van der Waals surface area (Å²) in [5.41, 5.74) is 0.650. The van der Waals surface area contributed by atoms with Crippen LogP contribution in [0.4, 0.5) is 5.95 Å². The van der Waals surface area contributed by atoms with Gasteiger partial charge < -0.3 is 9.64 Å². The molecule has 1 saturated heterocycles. The van der Waals surface area contributed by atoms with Crippen LogP contribution in [-0.2, 0) is 9.53 Å². The second-order valence-electron chi connectivity index (χ2n) is 7.01. The van der Waals surface area contributed by atoms with E-state index in [2.05, 4.69) is 15.1 Å². The molecule has 1 aliphatic rings. The van der Waals surface area contributed by atoms with Gasteiger partial charge in [0.25, 0.3) is 0 Å². The van der Waals surface area contributed by atoms with Crippen molar-refractivity contribution < 1.29 is 9.53 Å². The number of ketones is 1. The topological polar surface area (TPSA) is 60.3 Å². The molecule has 1 fully saturated rings. The van der Waals surface area contributed by atoms with Crippen LogP contribution in [0.3, 0.4) is 0 Å². The largest absolute Gasteiger partial charge is 0.378 e. The fourth-order valence-corrected chi connectivity index (χ4v) is 3.58. The minimum atomic E-state index is -0.350. The van der Waals surface area contributed by atoms with E-state index < -0.39 is 0 Å². The van der Waals surface area contributed by atoms with Gasteiger partial charge in [0.05, 0.1) is 24.7 Å². The number of hydrogen-bond acceptors (Lipinski definition) is 6. The van der Waals surface area contributed by atoms with Crippen molar-refractivity contribution in [2.24, 2.45) is 5.41 Å². The Balaban J connectivity index is 1.90. The Morgan fingerprint density at radius 2 is 1.84 bits per heavy atom. The number of carbonyl (C=O) groups excluding carboxylic acids is 1. The Morgan fingerprint density at radius 1 is 1.16 bits per heavy atom. The second kappa shape index (κ2) is 7.58. The normalized spacial score (nSPS) is 15.4. The van der Waals surface area contributed by atoms with Crippen LogP contribution < -0.4 is 4.90 Å². The Morgan fingerprint density at radius 3 is 2.48 bits per heavy atom. The summed E-state index contributed by atoms with van der Waals surface area (Å²) in [7, 11) is 0. The summed E-state index contributed by atoms with van der Waals surface area (Å²) in [4.78, 5) is 14.5.